The fourth-order valence-electron chi connectivity index (χ4n) is 4.61. The number of nitrogens with zero attached hydrogens (tertiary/aromatic N) is 6. The summed E-state index contributed by atoms with van der Waals surface area (Å²) in [4.78, 5) is 21.9. The number of aromatic nitrogens is 6. The van der Waals surface area contributed by atoms with E-state index in [1.807, 2.05) is 51.4 Å². The zero-order valence-corrected chi connectivity index (χ0v) is 21.1. The van der Waals surface area contributed by atoms with E-state index >= 15 is 4.39 Å². The van der Waals surface area contributed by atoms with Crippen LogP contribution in [0.3, 0.4) is 0 Å². The lowest BCUT2D eigenvalue weighted by Crippen LogP contribution is -2.01. The fourth-order valence-corrected chi connectivity index (χ4v) is 4.61. The monoisotopic (exact) mass is 488 g/mol. The predicted octanol–water partition coefficient (Wildman–Crippen LogP) is 5.13. The van der Waals surface area contributed by atoms with Gasteiger partial charge in [0.1, 0.15) is 17.7 Å². The molecular formula is C28H22BFN6O. The smallest absolute Gasteiger partial charge is 0.322 e. The Kier molecular flexibility index (Phi) is 6.18. The van der Waals surface area contributed by atoms with Crippen LogP contribution >= 0.6 is 0 Å². The number of pyridine rings is 1. The second-order valence-electron chi connectivity index (χ2n) is 8.72. The van der Waals surface area contributed by atoms with Crippen molar-refractivity contribution in [2.75, 3.05) is 0 Å². The van der Waals surface area contributed by atoms with Crippen LogP contribution in [-0.2, 0) is 7.05 Å². The van der Waals surface area contributed by atoms with Gasteiger partial charge in [-0.25, -0.2) is 29.3 Å². The number of fused-ring (bicyclic) bond motifs is 1. The summed E-state index contributed by atoms with van der Waals surface area (Å²) in [5, 5.41) is 0.833. The summed E-state index contributed by atoms with van der Waals surface area (Å²) in [6.07, 6.45) is 3.10. The summed E-state index contributed by atoms with van der Waals surface area (Å²) < 4.78 is 23.0. The van der Waals surface area contributed by atoms with E-state index in [1.165, 1.54) is 12.4 Å². The molecule has 0 bridgehead atoms. The van der Waals surface area contributed by atoms with Crippen LogP contribution in [0, 0.1) is 45.3 Å². The van der Waals surface area contributed by atoms with Crippen LogP contribution in [0.4, 0.5) is 4.39 Å². The molecule has 0 saturated heterocycles. The maximum Gasteiger partial charge on any atom is 0.322 e. The molecule has 0 saturated carbocycles. The van der Waals surface area contributed by atoms with E-state index in [4.69, 9.17) is 12.6 Å². The molecule has 180 valence electrons. The molecule has 9 heteroatoms. The van der Waals surface area contributed by atoms with Gasteiger partial charge < -0.3 is 9.30 Å². The molecule has 0 N–H and O–H groups in total. The van der Waals surface area contributed by atoms with Gasteiger partial charge in [0.2, 0.25) is 0 Å². The highest BCUT2D eigenvalue weighted by Gasteiger charge is 2.25. The molecule has 0 unspecified atom stereocenters. The molecule has 0 aliphatic heterocycles. The van der Waals surface area contributed by atoms with Gasteiger partial charge in [0.15, 0.2) is 19.4 Å². The minimum absolute atomic E-state index is 0.0304. The van der Waals surface area contributed by atoms with Crippen molar-refractivity contribution in [1.82, 2.24) is 29.5 Å². The average Bonchev–Trinajstić information content (AvgIpc) is 3.14. The Balaban J connectivity index is 1.74. The van der Waals surface area contributed by atoms with Gasteiger partial charge in [-0.15, -0.1) is 0 Å². The lowest BCUT2D eigenvalue weighted by molar-refractivity contribution is 0.410. The second kappa shape index (κ2) is 9.47. The molecule has 4 heterocycles. The zero-order chi connectivity index (χ0) is 26.3. The molecule has 5 rings (SSSR count). The Labute approximate surface area is 215 Å². The Morgan fingerprint density at radius 2 is 1.76 bits per heavy atom. The van der Waals surface area contributed by atoms with Crippen LogP contribution in [0.2, 0.25) is 0 Å². The van der Waals surface area contributed by atoms with Crippen LogP contribution in [0.15, 0.2) is 42.9 Å². The molecule has 0 amide bonds. The molecular weight excluding hydrogens is 466 g/mol. The summed E-state index contributed by atoms with van der Waals surface area (Å²) in [7, 11) is 7.34. The lowest BCUT2D eigenvalue weighted by Gasteiger charge is -2.15. The quantitative estimate of drug-likeness (QED) is 0.258. The molecule has 0 atom stereocenters. The number of rotatable bonds is 4. The van der Waals surface area contributed by atoms with Crippen LogP contribution < -0.4 is 4.74 Å². The van der Waals surface area contributed by atoms with E-state index in [2.05, 4.69) is 36.7 Å². The predicted molar refractivity (Wildman–Crippen MR) is 141 cm³/mol. The summed E-state index contributed by atoms with van der Waals surface area (Å²) in [6, 6.07) is 8.55. The Morgan fingerprint density at radius 1 is 0.946 bits per heavy atom. The number of aryl methyl sites for hydroxylation is 5. The van der Waals surface area contributed by atoms with Crippen LogP contribution in [-0.4, -0.2) is 37.3 Å². The van der Waals surface area contributed by atoms with Crippen LogP contribution in [0.25, 0.3) is 33.4 Å². The minimum Gasteiger partial charge on any atom is -0.421 e. The first-order valence-corrected chi connectivity index (χ1v) is 11.6. The van der Waals surface area contributed by atoms with Gasteiger partial charge >= 0.3 is 6.01 Å². The lowest BCUT2D eigenvalue weighted by atomic mass is 9.94. The van der Waals surface area contributed by atoms with Gasteiger partial charge in [-0.1, -0.05) is 12.0 Å². The van der Waals surface area contributed by atoms with Gasteiger partial charge in [0, 0.05) is 41.1 Å². The van der Waals surface area contributed by atoms with Gasteiger partial charge in [0.25, 0.3) is 0 Å². The number of hydrogen-bond acceptors (Lipinski definition) is 6. The fraction of sp³-hybridized carbons (Fsp3) is 0.179. The van der Waals surface area contributed by atoms with Gasteiger partial charge in [-0.2, -0.15) is 5.82 Å². The van der Waals surface area contributed by atoms with E-state index < -0.39 is 5.82 Å². The molecule has 0 aliphatic carbocycles. The molecule has 2 radical (unpaired) electrons. The van der Waals surface area contributed by atoms with E-state index in [0.717, 1.165) is 50.5 Å². The topological polar surface area (TPSA) is 78.6 Å². The maximum absolute atomic E-state index is 15.4. The first kappa shape index (κ1) is 24.1. The third-order valence-electron chi connectivity index (χ3n) is 6.19. The number of halogens is 1. The SMILES string of the molecule is [B]C#Cc1cc(C)c(-c2c(-c3ccc(Oc4nccc(C)n4)c(F)c3)c3c(C)ncnc3n2C)c(C)n1. The maximum atomic E-state index is 15.4. The van der Waals surface area contributed by atoms with Crippen molar-refractivity contribution in [3.05, 3.63) is 77.0 Å². The van der Waals surface area contributed by atoms with Crippen LogP contribution in [0.1, 0.15) is 28.3 Å². The number of hydrogen-bond donors (Lipinski definition) is 0. The molecule has 0 spiro atoms. The van der Waals surface area contributed by atoms with Gasteiger partial charge in [-0.3, -0.25) is 0 Å². The first-order chi connectivity index (χ1) is 17.8. The van der Waals surface area contributed by atoms with Crippen molar-refractivity contribution in [2.24, 2.45) is 7.05 Å². The molecule has 4 aromatic heterocycles. The van der Waals surface area contributed by atoms with Crippen molar-refractivity contribution < 1.29 is 9.13 Å². The van der Waals surface area contributed by atoms with Crippen LogP contribution in [0.5, 0.6) is 11.8 Å². The highest BCUT2D eigenvalue weighted by Crippen LogP contribution is 2.43. The van der Waals surface area contributed by atoms with Crippen molar-refractivity contribution in [3.63, 3.8) is 0 Å². The Hall–Kier alpha value is -4.58. The first-order valence-electron chi connectivity index (χ1n) is 11.6. The molecule has 5 aromatic rings. The largest absolute Gasteiger partial charge is 0.421 e. The Morgan fingerprint density at radius 3 is 2.46 bits per heavy atom. The summed E-state index contributed by atoms with van der Waals surface area (Å²) in [5.41, 5.74) is 7.77. The standard InChI is InChI=1S/C28H22BFN6O/c1-15-12-20(8-10-29)35-18(4)23(15)26-25(24-17(3)32-14-33-27(24)36(26)5)19-6-7-22(21(30)13-19)37-28-31-11-9-16(2)34-28/h6-7,9,11-14H,1-5H3. The van der Waals surface area contributed by atoms with Gasteiger partial charge in [-0.05, 0) is 63.1 Å². The van der Waals surface area contributed by atoms with E-state index in [1.54, 1.807) is 18.3 Å². The summed E-state index contributed by atoms with van der Waals surface area (Å²) in [5.74, 6) is 4.71. The van der Waals surface area contributed by atoms with Crippen molar-refractivity contribution >= 4 is 18.9 Å². The third kappa shape index (κ3) is 4.31. The highest BCUT2D eigenvalue weighted by atomic mass is 19.1. The zero-order valence-electron chi connectivity index (χ0n) is 21.1. The molecule has 7 nitrogen and oxygen atoms in total. The number of benzene rings is 1. The minimum atomic E-state index is -0.541. The van der Waals surface area contributed by atoms with E-state index in [-0.39, 0.29) is 11.8 Å². The summed E-state index contributed by atoms with van der Waals surface area (Å²) >= 11 is 0. The number of ether oxygens (including phenoxy) is 1. The van der Waals surface area contributed by atoms with Crippen molar-refractivity contribution in [1.29, 1.82) is 0 Å². The summed E-state index contributed by atoms with van der Waals surface area (Å²) in [6.45, 7) is 7.64. The Bertz CT molecular complexity index is 1730. The third-order valence-corrected chi connectivity index (χ3v) is 6.19. The average molecular weight is 488 g/mol. The van der Waals surface area contributed by atoms with Gasteiger partial charge in [0.05, 0.1) is 11.4 Å². The molecule has 0 fully saturated rings. The van der Waals surface area contributed by atoms with E-state index in [9.17, 15) is 0 Å². The molecule has 1 aromatic carbocycles. The van der Waals surface area contributed by atoms with Crippen molar-refractivity contribution in [2.45, 2.75) is 27.7 Å². The molecule has 0 aliphatic rings. The second-order valence-corrected chi connectivity index (χ2v) is 8.72. The normalized spacial score (nSPS) is 10.9. The van der Waals surface area contributed by atoms with Crippen molar-refractivity contribution in [3.8, 4) is 45.9 Å². The molecule has 37 heavy (non-hydrogen) atoms. The highest BCUT2D eigenvalue weighted by molar-refractivity contribution is 6.22. The van der Waals surface area contributed by atoms with E-state index in [0.29, 0.717) is 11.3 Å².